The van der Waals surface area contributed by atoms with Crippen molar-refractivity contribution < 1.29 is 9.53 Å². The zero-order chi connectivity index (χ0) is 13.8. The molecule has 1 N–H and O–H groups in total. The Morgan fingerprint density at radius 1 is 1.50 bits per heavy atom. The zero-order valence-corrected chi connectivity index (χ0v) is 12.3. The Morgan fingerprint density at radius 3 is 2.72 bits per heavy atom. The maximum Gasteiger partial charge on any atom is 0.240 e. The summed E-state index contributed by atoms with van der Waals surface area (Å²) in [5.74, 6) is 0.178. The third-order valence-corrected chi connectivity index (χ3v) is 3.63. The Hall–Kier alpha value is -0.650. The van der Waals surface area contributed by atoms with Gasteiger partial charge in [-0.05, 0) is 20.3 Å². The van der Waals surface area contributed by atoms with E-state index in [1.807, 2.05) is 14.1 Å². The fourth-order valence-electron chi connectivity index (χ4n) is 2.07. The third-order valence-electron chi connectivity index (χ3n) is 3.63. The highest BCUT2D eigenvalue weighted by molar-refractivity contribution is 5.81. The van der Waals surface area contributed by atoms with Gasteiger partial charge in [0.05, 0.1) is 5.60 Å². The number of nitrogens with zero attached hydrogens (tertiary/aromatic N) is 2. The average molecular weight is 257 g/mol. The van der Waals surface area contributed by atoms with E-state index in [0.29, 0.717) is 0 Å². The van der Waals surface area contributed by atoms with Crippen LogP contribution in [0.1, 0.15) is 20.3 Å². The Bertz CT molecular complexity index is 279. The van der Waals surface area contributed by atoms with Crippen LogP contribution in [-0.4, -0.2) is 74.7 Å². The van der Waals surface area contributed by atoms with Crippen LogP contribution in [0.4, 0.5) is 0 Å². The summed E-state index contributed by atoms with van der Waals surface area (Å²) < 4.78 is 5.43. The monoisotopic (exact) mass is 257 g/mol. The van der Waals surface area contributed by atoms with Gasteiger partial charge in [0.2, 0.25) is 5.91 Å². The molecule has 0 bridgehead atoms. The summed E-state index contributed by atoms with van der Waals surface area (Å²) in [5.41, 5.74) is -0.128. The minimum Gasteiger partial charge on any atom is -0.379 e. The Labute approximate surface area is 110 Å². The first-order valence-corrected chi connectivity index (χ1v) is 6.58. The predicted octanol–water partition coefficient (Wildman–Crippen LogP) is 0.164. The number of hydrogen-bond donors (Lipinski definition) is 1. The smallest absolute Gasteiger partial charge is 0.240 e. The molecule has 1 saturated heterocycles. The summed E-state index contributed by atoms with van der Waals surface area (Å²) in [7, 11) is 5.36. The van der Waals surface area contributed by atoms with Crippen LogP contribution in [0.15, 0.2) is 0 Å². The molecule has 106 valence electrons. The molecule has 1 unspecified atom stereocenters. The molecule has 0 spiro atoms. The first-order chi connectivity index (χ1) is 8.37. The van der Waals surface area contributed by atoms with Crippen molar-refractivity contribution in [3.63, 3.8) is 0 Å². The van der Waals surface area contributed by atoms with Crippen LogP contribution in [0, 0.1) is 0 Å². The SMILES string of the molecule is COC(C)(C)CCN1CCNCC1C(=O)N(C)C. The molecule has 0 aromatic rings. The fourth-order valence-corrected chi connectivity index (χ4v) is 2.07. The lowest BCUT2D eigenvalue weighted by molar-refractivity contribution is -0.135. The number of piperazine rings is 1. The minimum atomic E-state index is -0.128. The topological polar surface area (TPSA) is 44.8 Å². The van der Waals surface area contributed by atoms with Crippen molar-refractivity contribution in [2.45, 2.75) is 31.9 Å². The normalized spacial score (nSPS) is 21.9. The van der Waals surface area contributed by atoms with Gasteiger partial charge >= 0.3 is 0 Å². The summed E-state index contributed by atoms with van der Waals surface area (Å²) >= 11 is 0. The van der Waals surface area contributed by atoms with Crippen LogP contribution in [0.25, 0.3) is 0 Å². The molecular weight excluding hydrogens is 230 g/mol. The van der Waals surface area contributed by atoms with Crippen LogP contribution < -0.4 is 5.32 Å². The summed E-state index contributed by atoms with van der Waals surface area (Å²) in [5, 5.41) is 3.29. The lowest BCUT2D eigenvalue weighted by Gasteiger charge is -2.38. The molecule has 0 saturated carbocycles. The lowest BCUT2D eigenvalue weighted by atomic mass is 10.0. The van der Waals surface area contributed by atoms with Crippen LogP contribution in [0.3, 0.4) is 0 Å². The van der Waals surface area contributed by atoms with Crippen molar-refractivity contribution in [3.05, 3.63) is 0 Å². The van der Waals surface area contributed by atoms with Gasteiger partial charge in [0.1, 0.15) is 6.04 Å². The fraction of sp³-hybridized carbons (Fsp3) is 0.923. The summed E-state index contributed by atoms with van der Waals surface area (Å²) in [6.45, 7) is 7.67. The number of carbonyl (C=O) groups is 1. The highest BCUT2D eigenvalue weighted by Crippen LogP contribution is 2.16. The van der Waals surface area contributed by atoms with Gasteiger partial charge in [-0.3, -0.25) is 9.69 Å². The van der Waals surface area contributed by atoms with Gasteiger partial charge in [0, 0.05) is 47.4 Å². The molecule has 1 rings (SSSR count). The molecule has 5 nitrogen and oxygen atoms in total. The average Bonchev–Trinajstić information content (AvgIpc) is 2.36. The number of amides is 1. The van der Waals surface area contributed by atoms with Crippen molar-refractivity contribution in [1.29, 1.82) is 0 Å². The molecule has 0 aromatic heterocycles. The standard InChI is InChI=1S/C13H27N3O2/c1-13(2,18-5)6-8-16-9-7-14-10-11(16)12(17)15(3)4/h11,14H,6-10H2,1-5H3. The number of rotatable bonds is 5. The highest BCUT2D eigenvalue weighted by Gasteiger charge is 2.30. The Balaban J connectivity index is 2.57. The molecule has 1 heterocycles. The molecule has 0 radical (unpaired) electrons. The summed E-state index contributed by atoms with van der Waals surface area (Å²) in [6.07, 6.45) is 0.931. The molecule has 1 fully saturated rings. The van der Waals surface area contributed by atoms with Gasteiger partial charge < -0.3 is 15.0 Å². The van der Waals surface area contributed by atoms with Crippen LogP contribution in [0.2, 0.25) is 0 Å². The second-order valence-electron chi connectivity index (χ2n) is 5.70. The van der Waals surface area contributed by atoms with E-state index >= 15 is 0 Å². The molecule has 1 amide bonds. The Kier molecular flexibility index (Phi) is 5.56. The van der Waals surface area contributed by atoms with E-state index in [9.17, 15) is 4.79 Å². The largest absolute Gasteiger partial charge is 0.379 e. The van der Waals surface area contributed by atoms with E-state index in [-0.39, 0.29) is 17.6 Å². The second-order valence-corrected chi connectivity index (χ2v) is 5.70. The molecule has 1 aliphatic rings. The second kappa shape index (κ2) is 6.50. The number of hydrogen-bond acceptors (Lipinski definition) is 4. The number of ether oxygens (including phenoxy) is 1. The van der Waals surface area contributed by atoms with Crippen LogP contribution in [-0.2, 0) is 9.53 Å². The van der Waals surface area contributed by atoms with E-state index in [2.05, 4.69) is 24.1 Å². The molecule has 5 heteroatoms. The number of likely N-dealkylation sites (N-methyl/N-ethyl adjacent to an activating group) is 1. The van der Waals surface area contributed by atoms with Crippen LogP contribution in [0.5, 0.6) is 0 Å². The van der Waals surface area contributed by atoms with E-state index in [1.54, 1.807) is 12.0 Å². The third kappa shape index (κ3) is 4.23. The maximum absolute atomic E-state index is 12.1. The number of carbonyl (C=O) groups excluding carboxylic acids is 1. The maximum atomic E-state index is 12.1. The first-order valence-electron chi connectivity index (χ1n) is 6.58. The predicted molar refractivity (Wildman–Crippen MR) is 72.6 cm³/mol. The van der Waals surface area contributed by atoms with E-state index < -0.39 is 0 Å². The molecule has 18 heavy (non-hydrogen) atoms. The van der Waals surface area contributed by atoms with Crippen molar-refractivity contribution >= 4 is 5.91 Å². The zero-order valence-electron chi connectivity index (χ0n) is 12.3. The van der Waals surface area contributed by atoms with Crippen LogP contribution >= 0.6 is 0 Å². The molecule has 1 aliphatic heterocycles. The van der Waals surface area contributed by atoms with E-state index in [1.165, 1.54) is 0 Å². The van der Waals surface area contributed by atoms with Gasteiger partial charge in [-0.2, -0.15) is 0 Å². The minimum absolute atomic E-state index is 0.0404. The van der Waals surface area contributed by atoms with Gasteiger partial charge in [0.15, 0.2) is 0 Å². The van der Waals surface area contributed by atoms with Crippen molar-refractivity contribution in [2.75, 3.05) is 47.4 Å². The number of nitrogens with one attached hydrogen (secondary N) is 1. The van der Waals surface area contributed by atoms with Crippen molar-refractivity contribution in [2.24, 2.45) is 0 Å². The van der Waals surface area contributed by atoms with E-state index in [0.717, 1.165) is 32.6 Å². The molecule has 0 aliphatic carbocycles. The van der Waals surface area contributed by atoms with Gasteiger partial charge in [-0.15, -0.1) is 0 Å². The van der Waals surface area contributed by atoms with E-state index in [4.69, 9.17) is 4.74 Å². The Morgan fingerprint density at radius 2 is 2.17 bits per heavy atom. The van der Waals surface area contributed by atoms with Crippen molar-refractivity contribution in [1.82, 2.24) is 15.1 Å². The van der Waals surface area contributed by atoms with Gasteiger partial charge in [0.25, 0.3) is 0 Å². The first kappa shape index (κ1) is 15.4. The summed E-state index contributed by atoms with van der Waals surface area (Å²) in [6, 6.07) is -0.0404. The molecule has 1 atom stereocenters. The lowest BCUT2D eigenvalue weighted by Crippen LogP contribution is -2.58. The number of methoxy groups -OCH3 is 1. The summed E-state index contributed by atoms with van der Waals surface area (Å²) in [4.78, 5) is 16.1. The highest BCUT2D eigenvalue weighted by atomic mass is 16.5. The molecular formula is C13H27N3O2. The molecule has 0 aromatic carbocycles. The quantitative estimate of drug-likeness (QED) is 0.762. The van der Waals surface area contributed by atoms with Gasteiger partial charge in [-0.25, -0.2) is 0 Å². The van der Waals surface area contributed by atoms with Crippen molar-refractivity contribution in [3.8, 4) is 0 Å². The van der Waals surface area contributed by atoms with Gasteiger partial charge in [-0.1, -0.05) is 0 Å².